The van der Waals surface area contributed by atoms with Crippen LogP contribution in [0.4, 0.5) is 18.9 Å². The molecule has 0 aliphatic carbocycles. The highest BCUT2D eigenvalue weighted by molar-refractivity contribution is 5.64. The average molecular weight is 454 g/mol. The zero-order chi connectivity index (χ0) is 23.6. The highest BCUT2D eigenvalue weighted by Crippen LogP contribution is 2.32. The predicted octanol–water partition coefficient (Wildman–Crippen LogP) is 5.73. The normalized spacial score (nSPS) is 11.8. The van der Waals surface area contributed by atoms with Crippen molar-refractivity contribution < 1.29 is 32.1 Å². The maximum atomic E-state index is 12.8. The smallest absolute Gasteiger partial charge is 0.293 e. The minimum atomic E-state index is -2.21. The second-order valence-corrected chi connectivity index (χ2v) is 7.09. The maximum Gasteiger partial charge on any atom is 0.293 e. The summed E-state index contributed by atoms with van der Waals surface area (Å²) in [5.41, 5.74) is 3.16. The predicted molar refractivity (Wildman–Crippen MR) is 117 cm³/mol. The molecule has 0 amide bonds. The number of alkyl halides is 3. The van der Waals surface area contributed by atoms with E-state index in [0.29, 0.717) is 17.1 Å². The SMILES string of the molecule is CCN(C)/C=N\c1cc(C)c(Oc2cccc(CC(OCF)(OCF)OCF)c2)cc1C. The van der Waals surface area contributed by atoms with Crippen LogP contribution < -0.4 is 4.74 Å². The van der Waals surface area contributed by atoms with Crippen LogP contribution in [0.5, 0.6) is 11.5 Å². The number of aliphatic imine (C=N–C) groups is 1. The Morgan fingerprint density at radius 1 is 0.969 bits per heavy atom. The standard InChI is InChI=1S/C23H29F3N2O4/c1-5-28(4)16-27-21-9-18(3)22(10-17(21)2)32-20-8-6-7-19(11-20)12-23(29-13-24,30-14-25)31-15-26/h6-11,16H,5,12-15H2,1-4H3/b27-16-. The summed E-state index contributed by atoms with van der Waals surface area (Å²) >= 11 is 0. The van der Waals surface area contributed by atoms with Gasteiger partial charge >= 0.3 is 0 Å². The number of ether oxygens (including phenoxy) is 4. The zero-order valence-corrected chi connectivity index (χ0v) is 18.7. The van der Waals surface area contributed by atoms with Crippen LogP contribution in [-0.4, -0.2) is 51.4 Å². The van der Waals surface area contributed by atoms with Crippen molar-refractivity contribution in [1.29, 1.82) is 0 Å². The number of nitrogens with zero attached hydrogens (tertiary/aromatic N) is 2. The topological polar surface area (TPSA) is 52.5 Å². The lowest BCUT2D eigenvalue weighted by Gasteiger charge is -2.29. The van der Waals surface area contributed by atoms with Crippen LogP contribution in [0.15, 0.2) is 41.4 Å². The van der Waals surface area contributed by atoms with E-state index in [4.69, 9.17) is 18.9 Å². The van der Waals surface area contributed by atoms with Crippen LogP contribution >= 0.6 is 0 Å². The van der Waals surface area contributed by atoms with Crippen molar-refractivity contribution in [1.82, 2.24) is 4.90 Å². The Morgan fingerprint density at radius 2 is 1.62 bits per heavy atom. The summed E-state index contributed by atoms with van der Waals surface area (Å²) in [5.74, 6) is -1.11. The van der Waals surface area contributed by atoms with Crippen molar-refractivity contribution in [2.24, 2.45) is 4.99 Å². The van der Waals surface area contributed by atoms with Crippen LogP contribution in [0.1, 0.15) is 23.6 Å². The highest BCUT2D eigenvalue weighted by atomic mass is 19.1. The first-order chi connectivity index (χ1) is 15.4. The van der Waals surface area contributed by atoms with E-state index in [1.807, 2.05) is 44.9 Å². The molecule has 2 rings (SSSR count). The lowest BCUT2D eigenvalue weighted by atomic mass is 10.1. The van der Waals surface area contributed by atoms with Gasteiger partial charge in [-0.05, 0) is 61.7 Å². The molecule has 0 aliphatic heterocycles. The Balaban J connectivity index is 2.23. The summed E-state index contributed by atoms with van der Waals surface area (Å²) < 4.78 is 58.5. The molecule has 0 saturated carbocycles. The van der Waals surface area contributed by atoms with Crippen molar-refractivity contribution in [3.8, 4) is 11.5 Å². The Labute approximate surface area is 186 Å². The molecule has 0 aromatic heterocycles. The number of halogens is 3. The van der Waals surface area contributed by atoms with Gasteiger partial charge in [0.05, 0.1) is 18.4 Å². The molecule has 32 heavy (non-hydrogen) atoms. The Hall–Kier alpha value is -2.62. The van der Waals surface area contributed by atoms with Gasteiger partial charge < -0.3 is 9.64 Å². The third-order valence-corrected chi connectivity index (χ3v) is 4.76. The molecule has 2 aromatic carbocycles. The zero-order valence-electron chi connectivity index (χ0n) is 18.7. The molecule has 0 spiro atoms. The van der Waals surface area contributed by atoms with Crippen molar-refractivity contribution in [2.75, 3.05) is 34.2 Å². The second-order valence-electron chi connectivity index (χ2n) is 7.09. The molecular weight excluding hydrogens is 425 g/mol. The van der Waals surface area contributed by atoms with Crippen molar-refractivity contribution >= 4 is 12.0 Å². The fourth-order valence-electron chi connectivity index (χ4n) is 2.89. The lowest BCUT2D eigenvalue weighted by molar-refractivity contribution is -0.403. The second kappa shape index (κ2) is 12.4. The molecule has 6 nitrogen and oxygen atoms in total. The molecule has 0 bridgehead atoms. The minimum Gasteiger partial charge on any atom is -0.457 e. The minimum absolute atomic E-state index is 0.251. The third-order valence-electron chi connectivity index (χ3n) is 4.76. The first kappa shape index (κ1) is 25.6. The van der Waals surface area contributed by atoms with E-state index >= 15 is 0 Å². The van der Waals surface area contributed by atoms with E-state index < -0.39 is 26.6 Å². The highest BCUT2D eigenvalue weighted by Gasteiger charge is 2.35. The molecule has 176 valence electrons. The molecule has 0 heterocycles. The molecule has 0 aliphatic rings. The van der Waals surface area contributed by atoms with E-state index in [1.54, 1.807) is 30.6 Å². The summed E-state index contributed by atoms with van der Waals surface area (Å²) in [6.45, 7) is 2.73. The number of hydrogen-bond donors (Lipinski definition) is 0. The van der Waals surface area contributed by atoms with Gasteiger partial charge in [0.2, 0.25) is 0 Å². The molecular formula is C23H29F3N2O4. The molecule has 0 atom stereocenters. The van der Waals surface area contributed by atoms with Gasteiger partial charge in [-0.3, -0.25) is 14.2 Å². The van der Waals surface area contributed by atoms with E-state index in [1.165, 1.54) is 0 Å². The molecule has 0 fully saturated rings. The van der Waals surface area contributed by atoms with E-state index in [2.05, 4.69) is 4.99 Å². The molecule has 0 radical (unpaired) electrons. The van der Waals surface area contributed by atoms with Crippen LogP contribution in [0.25, 0.3) is 0 Å². The molecule has 0 N–H and O–H groups in total. The molecule has 0 unspecified atom stereocenters. The fraction of sp³-hybridized carbons (Fsp3) is 0.435. The van der Waals surface area contributed by atoms with Crippen LogP contribution in [0, 0.1) is 13.8 Å². The number of hydrogen-bond acceptors (Lipinski definition) is 5. The van der Waals surface area contributed by atoms with Gasteiger partial charge in [-0.25, -0.2) is 18.2 Å². The number of benzene rings is 2. The van der Waals surface area contributed by atoms with Crippen LogP contribution in [0.3, 0.4) is 0 Å². The maximum absolute atomic E-state index is 12.8. The Kier molecular flexibility index (Phi) is 9.96. The van der Waals surface area contributed by atoms with Crippen molar-refractivity contribution in [3.05, 3.63) is 53.1 Å². The van der Waals surface area contributed by atoms with E-state index in [0.717, 1.165) is 23.4 Å². The first-order valence-electron chi connectivity index (χ1n) is 10.1. The van der Waals surface area contributed by atoms with Gasteiger partial charge in [-0.2, -0.15) is 0 Å². The third kappa shape index (κ3) is 7.22. The lowest BCUT2D eigenvalue weighted by Crippen LogP contribution is -2.41. The monoisotopic (exact) mass is 454 g/mol. The summed E-state index contributed by atoms with van der Waals surface area (Å²) in [6.07, 6.45) is 1.52. The average Bonchev–Trinajstić information content (AvgIpc) is 2.75. The van der Waals surface area contributed by atoms with Gasteiger partial charge in [0, 0.05) is 13.6 Å². The van der Waals surface area contributed by atoms with Gasteiger partial charge in [-0.15, -0.1) is 0 Å². The molecule has 2 aromatic rings. The first-order valence-corrected chi connectivity index (χ1v) is 10.1. The van der Waals surface area contributed by atoms with Crippen molar-refractivity contribution in [2.45, 2.75) is 33.2 Å². The largest absolute Gasteiger partial charge is 0.457 e. The van der Waals surface area contributed by atoms with Crippen molar-refractivity contribution in [3.63, 3.8) is 0 Å². The van der Waals surface area contributed by atoms with Gasteiger partial charge in [0.25, 0.3) is 5.97 Å². The van der Waals surface area contributed by atoms with E-state index in [-0.39, 0.29) is 6.42 Å². The molecule has 0 saturated heterocycles. The van der Waals surface area contributed by atoms with Gasteiger partial charge in [0.1, 0.15) is 11.5 Å². The van der Waals surface area contributed by atoms with Gasteiger partial charge in [-0.1, -0.05) is 12.1 Å². The quantitative estimate of drug-likeness (QED) is 0.220. The summed E-state index contributed by atoms with van der Waals surface area (Å²) in [7, 11) is 1.95. The number of aryl methyl sites for hydroxylation is 2. The Bertz CT molecular complexity index is 879. The Morgan fingerprint density at radius 3 is 2.22 bits per heavy atom. The van der Waals surface area contributed by atoms with Crippen LogP contribution in [0.2, 0.25) is 0 Å². The fourth-order valence-corrected chi connectivity index (χ4v) is 2.89. The number of rotatable bonds is 13. The molecule has 9 heteroatoms. The van der Waals surface area contributed by atoms with E-state index in [9.17, 15) is 13.2 Å². The summed E-state index contributed by atoms with van der Waals surface area (Å²) in [5, 5.41) is 0. The summed E-state index contributed by atoms with van der Waals surface area (Å²) in [4.78, 5) is 6.47. The van der Waals surface area contributed by atoms with Crippen LogP contribution in [-0.2, 0) is 20.6 Å². The summed E-state index contributed by atoms with van der Waals surface area (Å²) in [6, 6.07) is 10.5. The van der Waals surface area contributed by atoms with Gasteiger partial charge in [0.15, 0.2) is 20.6 Å².